The highest BCUT2D eigenvalue weighted by atomic mass is 19.1. The molecule has 2 rings (SSSR count). The molecular formula is C11H8F2N2O2. The van der Waals surface area contributed by atoms with Crippen LogP contribution in [0.25, 0.3) is 5.69 Å². The van der Waals surface area contributed by atoms with Crippen LogP contribution in [-0.4, -0.2) is 20.9 Å². The summed E-state index contributed by atoms with van der Waals surface area (Å²) < 4.78 is 27.4. The smallest absolute Gasteiger partial charge is 0.356 e. The molecule has 0 bridgehead atoms. The van der Waals surface area contributed by atoms with Crippen LogP contribution in [0, 0.1) is 18.6 Å². The molecule has 1 aromatic heterocycles. The minimum absolute atomic E-state index is 0.124. The molecule has 0 spiro atoms. The van der Waals surface area contributed by atoms with Crippen molar-refractivity contribution in [2.45, 2.75) is 6.92 Å². The topological polar surface area (TPSA) is 55.1 Å². The van der Waals surface area contributed by atoms with Crippen molar-refractivity contribution in [2.24, 2.45) is 0 Å². The van der Waals surface area contributed by atoms with E-state index >= 15 is 0 Å². The zero-order valence-electron chi connectivity index (χ0n) is 8.82. The van der Waals surface area contributed by atoms with Crippen molar-refractivity contribution in [3.05, 3.63) is 47.3 Å². The molecule has 0 aliphatic heterocycles. The first kappa shape index (κ1) is 11.3. The predicted octanol–water partition coefficient (Wildman–Crippen LogP) is 2.16. The predicted molar refractivity (Wildman–Crippen MR) is 55.2 cm³/mol. The van der Waals surface area contributed by atoms with Gasteiger partial charge in [-0.25, -0.2) is 18.3 Å². The number of benzene rings is 1. The number of hydrogen-bond acceptors (Lipinski definition) is 2. The summed E-state index contributed by atoms with van der Waals surface area (Å²) >= 11 is 0. The number of aryl methyl sites for hydroxylation is 1. The lowest BCUT2D eigenvalue weighted by Crippen LogP contribution is -2.03. The largest absolute Gasteiger partial charge is 0.476 e. The lowest BCUT2D eigenvalue weighted by molar-refractivity contribution is 0.0689. The minimum Gasteiger partial charge on any atom is -0.476 e. The number of aromatic nitrogens is 2. The van der Waals surface area contributed by atoms with E-state index in [9.17, 15) is 13.6 Å². The Labute approximate surface area is 95.1 Å². The van der Waals surface area contributed by atoms with Crippen LogP contribution in [0.3, 0.4) is 0 Å². The quantitative estimate of drug-likeness (QED) is 0.872. The van der Waals surface area contributed by atoms with Crippen LogP contribution in [0.2, 0.25) is 0 Å². The number of nitrogens with zero attached hydrogens (tertiary/aromatic N) is 2. The molecular weight excluding hydrogens is 230 g/mol. The Morgan fingerprint density at radius 3 is 2.71 bits per heavy atom. The van der Waals surface area contributed by atoms with Gasteiger partial charge in [-0.2, -0.15) is 5.10 Å². The third-order valence-electron chi connectivity index (χ3n) is 2.25. The Hall–Kier alpha value is -2.24. The summed E-state index contributed by atoms with van der Waals surface area (Å²) in [5, 5.41) is 12.5. The van der Waals surface area contributed by atoms with Crippen LogP contribution in [0.1, 0.15) is 16.1 Å². The summed E-state index contributed by atoms with van der Waals surface area (Å²) in [7, 11) is 0. The molecule has 0 unspecified atom stereocenters. The molecule has 1 N–H and O–H groups in total. The van der Waals surface area contributed by atoms with Gasteiger partial charge in [-0.15, -0.1) is 0 Å². The van der Waals surface area contributed by atoms with Crippen LogP contribution in [-0.2, 0) is 0 Å². The van der Waals surface area contributed by atoms with Gasteiger partial charge in [0.15, 0.2) is 5.69 Å². The highest BCUT2D eigenvalue weighted by Crippen LogP contribution is 2.16. The van der Waals surface area contributed by atoms with E-state index in [0.717, 1.165) is 22.9 Å². The molecule has 17 heavy (non-hydrogen) atoms. The summed E-state index contributed by atoms with van der Waals surface area (Å²) in [6, 6.07) is 2.89. The zero-order valence-corrected chi connectivity index (χ0v) is 8.82. The van der Waals surface area contributed by atoms with Gasteiger partial charge in [0.05, 0.1) is 0 Å². The van der Waals surface area contributed by atoms with E-state index in [2.05, 4.69) is 5.10 Å². The Kier molecular flexibility index (Phi) is 2.63. The molecule has 0 radical (unpaired) electrons. The fraction of sp³-hybridized carbons (Fsp3) is 0.0909. The second kappa shape index (κ2) is 3.97. The van der Waals surface area contributed by atoms with Gasteiger partial charge in [-0.3, -0.25) is 0 Å². The number of aromatic carboxylic acids is 1. The maximum Gasteiger partial charge on any atom is 0.356 e. The highest BCUT2D eigenvalue weighted by molar-refractivity contribution is 5.86. The van der Waals surface area contributed by atoms with Crippen molar-refractivity contribution in [1.82, 2.24) is 9.78 Å². The van der Waals surface area contributed by atoms with E-state index < -0.39 is 17.6 Å². The second-order valence-electron chi connectivity index (χ2n) is 3.51. The second-order valence-corrected chi connectivity index (χ2v) is 3.51. The van der Waals surface area contributed by atoms with Gasteiger partial charge in [0.2, 0.25) is 0 Å². The minimum atomic E-state index is -1.21. The van der Waals surface area contributed by atoms with E-state index in [1.54, 1.807) is 0 Å². The Morgan fingerprint density at radius 1 is 1.41 bits per heavy atom. The SMILES string of the molecule is Cc1cn(-c2cc(F)ccc2F)nc1C(=O)O. The average Bonchev–Trinajstić information content (AvgIpc) is 2.64. The summed E-state index contributed by atoms with van der Waals surface area (Å²) in [5.74, 6) is -2.50. The van der Waals surface area contributed by atoms with Crippen LogP contribution in [0.15, 0.2) is 24.4 Å². The number of halogens is 2. The van der Waals surface area contributed by atoms with Gasteiger partial charge in [0.1, 0.15) is 17.3 Å². The molecule has 2 aromatic rings. The van der Waals surface area contributed by atoms with E-state index in [1.807, 2.05) is 0 Å². The number of rotatable bonds is 2. The summed E-state index contributed by atoms with van der Waals surface area (Å²) in [4.78, 5) is 10.8. The summed E-state index contributed by atoms with van der Waals surface area (Å²) in [6.07, 6.45) is 1.33. The van der Waals surface area contributed by atoms with Crippen molar-refractivity contribution >= 4 is 5.97 Å². The maximum atomic E-state index is 13.4. The Bertz CT molecular complexity index is 593. The third-order valence-corrected chi connectivity index (χ3v) is 2.25. The fourth-order valence-electron chi connectivity index (χ4n) is 1.46. The van der Waals surface area contributed by atoms with Crippen molar-refractivity contribution < 1.29 is 18.7 Å². The highest BCUT2D eigenvalue weighted by Gasteiger charge is 2.15. The third kappa shape index (κ3) is 2.01. The number of carboxylic acids is 1. The number of carboxylic acid groups (broad SMARTS) is 1. The van der Waals surface area contributed by atoms with Gasteiger partial charge in [-0.05, 0) is 19.1 Å². The van der Waals surface area contributed by atoms with Crippen molar-refractivity contribution in [3.63, 3.8) is 0 Å². The van der Waals surface area contributed by atoms with Gasteiger partial charge < -0.3 is 5.11 Å². The van der Waals surface area contributed by atoms with Gasteiger partial charge in [0.25, 0.3) is 0 Å². The monoisotopic (exact) mass is 238 g/mol. The van der Waals surface area contributed by atoms with Gasteiger partial charge in [-0.1, -0.05) is 0 Å². The Balaban J connectivity index is 2.57. The van der Waals surface area contributed by atoms with E-state index in [4.69, 9.17) is 5.11 Å². The molecule has 0 aliphatic carbocycles. The molecule has 1 aromatic carbocycles. The average molecular weight is 238 g/mol. The molecule has 0 atom stereocenters. The first-order valence-electron chi connectivity index (χ1n) is 4.74. The van der Waals surface area contributed by atoms with Crippen LogP contribution in [0.4, 0.5) is 8.78 Å². The standard InChI is InChI=1S/C11H8F2N2O2/c1-6-5-15(14-10(6)11(16)17)9-4-7(12)2-3-8(9)13/h2-5H,1H3,(H,16,17). The molecule has 1 heterocycles. The van der Waals surface area contributed by atoms with Crippen LogP contribution >= 0.6 is 0 Å². The van der Waals surface area contributed by atoms with Gasteiger partial charge in [0, 0.05) is 17.8 Å². The summed E-state index contributed by atoms with van der Waals surface area (Å²) in [6.45, 7) is 1.53. The van der Waals surface area contributed by atoms with E-state index in [1.165, 1.54) is 13.1 Å². The first-order valence-corrected chi connectivity index (χ1v) is 4.74. The fourth-order valence-corrected chi connectivity index (χ4v) is 1.46. The zero-order chi connectivity index (χ0) is 12.6. The lowest BCUT2D eigenvalue weighted by atomic mass is 10.3. The van der Waals surface area contributed by atoms with E-state index in [0.29, 0.717) is 5.56 Å². The summed E-state index contributed by atoms with van der Waals surface area (Å²) in [5.41, 5.74) is 0.0652. The number of hydrogen-bond donors (Lipinski definition) is 1. The normalized spacial score (nSPS) is 10.5. The molecule has 4 nitrogen and oxygen atoms in total. The van der Waals surface area contributed by atoms with Crippen LogP contribution in [0.5, 0.6) is 0 Å². The molecule has 0 fully saturated rings. The maximum absolute atomic E-state index is 13.4. The first-order chi connectivity index (χ1) is 7.99. The molecule has 0 saturated carbocycles. The molecule has 0 saturated heterocycles. The molecule has 88 valence electrons. The number of carbonyl (C=O) groups is 1. The van der Waals surface area contributed by atoms with Crippen molar-refractivity contribution in [2.75, 3.05) is 0 Å². The molecule has 0 aliphatic rings. The Morgan fingerprint density at radius 2 is 2.12 bits per heavy atom. The van der Waals surface area contributed by atoms with Crippen molar-refractivity contribution in [3.8, 4) is 5.69 Å². The van der Waals surface area contributed by atoms with Gasteiger partial charge >= 0.3 is 5.97 Å². The van der Waals surface area contributed by atoms with E-state index in [-0.39, 0.29) is 11.4 Å². The van der Waals surface area contributed by atoms with Crippen LogP contribution < -0.4 is 0 Å². The van der Waals surface area contributed by atoms with Crippen molar-refractivity contribution in [1.29, 1.82) is 0 Å². The lowest BCUT2D eigenvalue weighted by Gasteiger charge is -2.02. The molecule has 6 heteroatoms. The molecule has 0 amide bonds.